The molecule has 148 valence electrons. The van der Waals surface area contributed by atoms with Gasteiger partial charge in [-0.2, -0.15) is 0 Å². The van der Waals surface area contributed by atoms with Crippen LogP contribution in [0.1, 0.15) is 29.4 Å². The maximum absolute atomic E-state index is 12.5. The van der Waals surface area contributed by atoms with Crippen LogP contribution in [0, 0.1) is 5.92 Å². The summed E-state index contributed by atoms with van der Waals surface area (Å²) in [7, 11) is 0. The van der Waals surface area contributed by atoms with Crippen LogP contribution in [-0.4, -0.2) is 48.9 Å². The van der Waals surface area contributed by atoms with Gasteiger partial charge in [-0.05, 0) is 43.3 Å². The zero-order valence-corrected chi connectivity index (χ0v) is 16.7. The molecule has 1 saturated heterocycles. The van der Waals surface area contributed by atoms with E-state index in [4.69, 9.17) is 4.74 Å². The summed E-state index contributed by atoms with van der Waals surface area (Å²) in [5, 5.41) is 1.86. The highest BCUT2D eigenvalue weighted by molar-refractivity contribution is 7.12. The van der Waals surface area contributed by atoms with Gasteiger partial charge in [0.1, 0.15) is 0 Å². The van der Waals surface area contributed by atoms with Gasteiger partial charge in [-0.3, -0.25) is 14.4 Å². The molecule has 6 nitrogen and oxygen atoms in total. The van der Waals surface area contributed by atoms with Crippen LogP contribution in [0.25, 0.3) is 0 Å². The van der Waals surface area contributed by atoms with Gasteiger partial charge in [0.2, 0.25) is 0 Å². The van der Waals surface area contributed by atoms with Crippen molar-refractivity contribution < 1.29 is 19.1 Å². The first-order valence-corrected chi connectivity index (χ1v) is 10.3. The number of piperidine rings is 1. The van der Waals surface area contributed by atoms with Gasteiger partial charge in [0.05, 0.1) is 10.8 Å². The zero-order chi connectivity index (χ0) is 19.9. The number of nitrogens with zero attached hydrogens (tertiary/aromatic N) is 2. The SMILES string of the molecule is CCN(C(=O)COC(=O)C1CCCN(C(=O)c2cccs2)C1)c1ccccc1. The molecule has 1 aliphatic rings. The number of amides is 2. The molecule has 28 heavy (non-hydrogen) atoms. The van der Waals surface area contributed by atoms with Crippen molar-refractivity contribution in [3.63, 3.8) is 0 Å². The zero-order valence-electron chi connectivity index (χ0n) is 15.9. The fourth-order valence-electron chi connectivity index (χ4n) is 3.35. The van der Waals surface area contributed by atoms with Crippen LogP contribution in [0.5, 0.6) is 0 Å². The fourth-order valence-corrected chi connectivity index (χ4v) is 4.04. The number of para-hydroxylation sites is 1. The summed E-state index contributed by atoms with van der Waals surface area (Å²) in [5.41, 5.74) is 0.774. The summed E-state index contributed by atoms with van der Waals surface area (Å²) in [6.45, 7) is 3.04. The third-order valence-electron chi connectivity index (χ3n) is 4.80. The highest BCUT2D eigenvalue weighted by atomic mass is 32.1. The third-order valence-corrected chi connectivity index (χ3v) is 5.65. The van der Waals surface area contributed by atoms with Gasteiger partial charge < -0.3 is 14.5 Å². The number of hydrogen-bond donors (Lipinski definition) is 0. The number of ether oxygens (including phenoxy) is 1. The average Bonchev–Trinajstić information content (AvgIpc) is 3.28. The number of likely N-dealkylation sites (tertiary alicyclic amines) is 1. The highest BCUT2D eigenvalue weighted by Gasteiger charge is 2.31. The number of esters is 1. The van der Waals surface area contributed by atoms with Crippen molar-refractivity contribution >= 4 is 34.8 Å². The van der Waals surface area contributed by atoms with Crippen LogP contribution in [0.3, 0.4) is 0 Å². The molecule has 0 saturated carbocycles. The molecular weight excluding hydrogens is 376 g/mol. The summed E-state index contributed by atoms with van der Waals surface area (Å²) in [6, 6.07) is 12.9. The molecule has 1 aromatic heterocycles. The van der Waals surface area contributed by atoms with Gasteiger partial charge in [-0.15, -0.1) is 11.3 Å². The van der Waals surface area contributed by atoms with Crippen molar-refractivity contribution in [2.45, 2.75) is 19.8 Å². The molecule has 1 unspecified atom stereocenters. The Labute approximate surface area is 168 Å². The minimum Gasteiger partial charge on any atom is -0.455 e. The first-order valence-electron chi connectivity index (χ1n) is 9.45. The highest BCUT2D eigenvalue weighted by Crippen LogP contribution is 2.22. The van der Waals surface area contributed by atoms with Crippen LogP contribution in [0.15, 0.2) is 47.8 Å². The van der Waals surface area contributed by atoms with Gasteiger partial charge in [0.25, 0.3) is 11.8 Å². The normalized spacial score (nSPS) is 16.5. The molecule has 0 spiro atoms. The first kappa shape index (κ1) is 20.1. The molecule has 2 heterocycles. The summed E-state index contributed by atoms with van der Waals surface area (Å²) in [5.74, 6) is -1.12. The van der Waals surface area contributed by atoms with E-state index in [9.17, 15) is 14.4 Å². The minimum atomic E-state index is -0.416. The molecule has 2 aromatic rings. The number of carbonyl (C=O) groups is 3. The van der Waals surface area contributed by atoms with Crippen LogP contribution in [0.4, 0.5) is 5.69 Å². The van der Waals surface area contributed by atoms with Gasteiger partial charge in [-0.1, -0.05) is 24.3 Å². The number of anilines is 1. The lowest BCUT2D eigenvalue weighted by Gasteiger charge is -2.31. The molecular formula is C21H24N2O4S. The first-order chi connectivity index (χ1) is 13.6. The molecule has 1 aromatic carbocycles. The van der Waals surface area contributed by atoms with Gasteiger partial charge in [0, 0.05) is 25.3 Å². The second-order valence-electron chi connectivity index (χ2n) is 6.65. The maximum atomic E-state index is 12.5. The van der Waals surface area contributed by atoms with E-state index in [-0.39, 0.29) is 18.4 Å². The Morgan fingerprint density at radius 2 is 1.96 bits per heavy atom. The Balaban J connectivity index is 1.54. The lowest BCUT2D eigenvalue weighted by molar-refractivity contribution is -0.153. The molecule has 0 aliphatic carbocycles. The lowest BCUT2D eigenvalue weighted by atomic mass is 9.98. The number of likely N-dealkylation sites (N-methyl/N-ethyl adjacent to an activating group) is 1. The molecule has 0 bridgehead atoms. The number of hydrogen-bond acceptors (Lipinski definition) is 5. The number of thiophene rings is 1. The van der Waals surface area contributed by atoms with Crippen LogP contribution in [-0.2, 0) is 14.3 Å². The molecule has 3 rings (SSSR count). The van der Waals surface area contributed by atoms with Gasteiger partial charge in [0.15, 0.2) is 6.61 Å². The number of carbonyl (C=O) groups excluding carboxylic acids is 3. The molecule has 0 radical (unpaired) electrons. The smallest absolute Gasteiger partial charge is 0.311 e. The van der Waals surface area contributed by atoms with Crippen LogP contribution >= 0.6 is 11.3 Å². The predicted octanol–water partition coefficient (Wildman–Crippen LogP) is 3.20. The van der Waals surface area contributed by atoms with E-state index in [1.807, 2.05) is 48.7 Å². The topological polar surface area (TPSA) is 66.9 Å². The Morgan fingerprint density at radius 1 is 1.18 bits per heavy atom. The average molecular weight is 401 g/mol. The second kappa shape index (κ2) is 9.50. The van der Waals surface area contributed by atoms with E-state index in [0.717, 1.165) is 12.1 Å². The predicted molar refractivity (Wildman–Crippen MR) is 108 cm³/mol. The molecule has 1 atom stereocenters. The standard InChI is InChI=1S/C21H24N2O4S/c1-2-23(17-9-4-3-5-10-17)19(24)15-27-21(26)16-8-6-12-22(14-16)20(25)18-11-7-13-28-18/h3-5,7,9-11,13,16H,2,6,8,12,14-15H2,1H3. The van der Waals surface area contributed by atoms with E-state index in [0.29, 0.717) is 30.9 Å². The maximum Gasteiger partial charge on any atom is 0.311 e. The Kier molecular flexibility index (Phi) is 6.81. The molecule has 7 heteroatoms. The van der Waals surface area contributed by atoms with Crippen molar-refractivity contribution in [3.05, 3.63) is 52.7 Å². The summed E-state index contributed by atoms with van der Waals surface area (Å²) >= 11 is 1.39. The minimum absolute atomic E-state index is 0.0511. The van der Waals surface area contributed by atoms with Crippen LogP contribution < -0.4 is 4.90 Å². The summed E-state index contributed by atoms with van der Waals surface area (Å²) < 4.78 is 5.30. The van der Waals surface area contributed by atoms with E-state index in [1.165, 1.54) is 11.3 Å². The quantitative estimate of drug-likeness (QED) is 0.699. The molecule has 2 amide bonds. The summed E-state index contributed by atoms with van der Waals surface area (Å²) in [6.07, 6.45) is 1.41. The van der Waals surface area contributed by atoms with E-state index in [2.05, 4.69) is 0 Å². The fraction of sp³-hybridized carbons (Fsp3) is 0.381. The van der Waals surface area contributed by atoms with Crippen molar-refractivity contribution in [2.24, 2.45) is 5.92 Å². The molecule has 1 aliphatic heterocycles. The van der Waals surface area contributed by atoms with Gasteiger partial charge >= 0.3 is 5.97 Å². The largest absolute Gasteiger partial charge is 0.455 e. The Hall–Kier alpha value is -2.67. The lowest BCUT2D eigenvalue weighted by Crippen LogP contribution is -2.43. The van der Waals surface area contributed by atoms with Crippen LogP contribution in [0.2, 0.25) is 0 Å². The number of benzene rings is 1. The second-order valence-corrected chi connectivity index (χ2v) is 7.60. The van der Waals surface area contributed by atoms with E-state index >= 15 is 0 Å². The Bertz CT molecular complexity index is 807. The summed E-state index contributed by atoms with van der Waals surface area (Å²) in [4.78, 5) is 41.4. The van der Waals surface area contributed by atoms with Crippen molar-refractivity contribution in [1.82, 2.24) is 4.90 Å². The molecule has 0 N–H and O–H groups in total. The van der Waals surface area contributed by atoms with E-state index in [1.54, 1.807) is 15.9 Å². The van der Waals surface area contributed by atoms with Crippen molar-refractivity contribution in [2.75, 3.05) is 31.1 Å². The number of rotatable bonds is 6. The third kappa shape index (κ3) is 4.78. The van der Waals surface area contributed by atoms with Crippen molar-refractivity contribution in [3.8, 4) is 0 Å². The van der Waals surface area contributed by atoms with Gasteiger partial charge in [-0.25, -0.2) is 0 Å². The Morgan fingerprint density at radius 3 is 2.64 bits per heavy atom. The van der Waals surface area contributed by atoms with Crippen molar-refractivity contribution in [1.29, 1.82) is 0 Å². The molecule has 1 fully saturated rings. The van der Waals surface area contributed by atoms with E-state index < -0.39 is 11.9 Å². The monoisotopic (exact) mass is 400 g/mol.